The first-order valence-electron chi connectivity index (χ1n) is 12.2. The van der Waals surface area contributed by atoms with E-state index in [1.165, 1.54) is 0 Å². The number of nitrogens with zero attached hydrogens (tertiary/aromatic N) is 1. The van der Waals surface area contributed by atoms with Crippen LogP contribution < -0.4 is 15.4 Å². The van der Waals surface area contributed by atoms with E-state index in [-0.39, 0.29) is 11.7 Å². The lowest BCUT2D eigenvalue weighted by Gasteiger charge is -2.17. The molecule has 0 aliphatic heterocycles. The molecule has 0 bridgehead atoms. The van der Waals surface area contributed by atoms with Crippen molar-refractivity contribution in [1.82, 2.24) is 4.90 Å². The fraction of sp³-hybridized carbons (Fsp3) is 0.310. The fourth-order valence-electron chi connectivity index (χ4n) is 3.82. The number of ether oxygens (including phenoxy) is 1. The Morgan fingerprint density at radius 1 is 0.800 bits per heavy atom. The molecule has 0 saturated carbocycles. The van der Waals surface area contributed by atoms with Crippen LogP contribution in [-0.4, -0.2) is 43.3 Å². The number of amides is 1. The van der Waals surface area contributed by atoms with Gasteiger partial charge in [0, 0.05) is 34.6 Å². The first kappa shape index (κ1) is 26.0. The van der Waals surface area contributed by atoms with Gasteiger partial charge in [0.2, 0.25) is 0 Å². The minimum atomic E-state index is -0.196. The summed E-state index contributed by atoms with van der Waals surface area (Å²) < 4.78 is 5.18. The molecule has 184 valence electrons. The zero-order valence-corrected chi connectivity index (χ0v) is 20.8. The smallest absolute Gasteiger partial charge is 0.255 e. The number of carbonyl (C=O) groups is 2. The molecular weight excluding hydrogens is 438 g/mol. The second-order valence-electron chi connectivity index (χ2n) is 8.37. The van der Waals surface area contributed by atoms with E-state index in [1.54, 1.807) is 31.4 Å². The first-order valence-corrected chi connectivity index (χ1v) is 12.2. The molecule has 0 aromatic heterocycles. The Hall–Kier alpha value is -3.64. The molecule has 3 aromatic rings. The highest BCUT2D eigenvalue weighted by atomic mass is 16.5. The van der Waals surface area contributed by atoms with Gasteiger partial charge in [-0.25, -0.2) is 0 Å². The number of hydrogen-bond donors (Lipinski definition) is 2. The van der Waals surface area contributed by atoms with Gasteiger partial charge in [-0.15, -0.1) is 0 Å². The lowest BCUT2D eigenvalue weighted by atomic mass is 10.0. The van der Waals surface area contributed by atoms with E-state index in [2.05, 4.69) is 29.4 Å². The molecule has 0 radical (unpaired) electrons. The summed E-state index contributed by atoms with van der Waals surface area (Å²) in [5, 5.41) is 6.22. The van der Waals surface area contributed by atoms with Crippen molar-refractivity contribution in [2.45, 2.75) is 33.1 Å². The maximum Gasteiger partial charge on any atom is 0.255 e. The Balaban J connectivity index is 1.48. The van der Waals surface area contributed by atoms with Crippen LogP contribution in [0.4, 0.5) is 17.1 Å². The predicted molar refractivity (Wildman–Crippen MR) is 143 cm³/mol. The molecule has 3 aromatic carbocycles. The number of carbonyl (C=O) groups excluding carboxylic acids is 2. The van der Waals surface area contributed by atoms with Crippen LogP contribution in [0.15, 0.2) is 72.8 Å². The quantitative estimate of drug-likeness (QED) is 0.222. The monoisotopic (exact) mass is 473 g/mol. The van der Waals surface area contributed by atoms with Crippen LogP contribution in [0, 0.1) is 0 Å². The highest BCUT2D eigenvalue weighted by Gasteiger charge is 2.09. The van der Waals surface area contributed by atoms with Gasteiger partial charge in [-0.1, -0.05) is 19.9 Å². The predicted octanol–water partition coefficient (Wildman–Crippen LogP) is 6.39. The number of anilines is 3. The Labute approximate surface area is 208 Å². The van der Waals surface area contributed by atoms with Gasteiger partial charge >= 0.3 is 0 Å². The molecule has 0 heterocycles. The van der Waals surface area contributed by atoms with E-state index in [4.69, 9.17) is 4.74 Å². The van der Waals surface area contributed by atoms with Gasteiger partial charge < -0.3 is 20.3 Å². The maximum absolute atomic E-state index is 12.5. The van der Waals surface area contributed by atoms with Crippen LogP contribution in [0.25, 0.3) is 0 Å². The normalized spacial score (nSPS) is 10.7. The van der Waals surface area contributed by atoms with Crippen molar-refractivity contribution in [3.05, 3.63) is 83.9 Å². The number of methoxy groups -OCH3 is 1. The van der Waals surface area contributed by atoms with Gasteiger partial charge in [-0.3, -0.25) is 9.59 Å². The summed E-state index contributed by atoms with van der Waals surface area (Å²) in [6.45, 7) is 7.49. The van der Waals surface area contributed by atoms with Gasteiger partial charge in [-0.05, 0) is 99.2 Å². The highest BCUT2D eigenvalue weighted by Crippen LogP contribution is 2.21. The first-order chi connectivity index (χ1) is 17.0. The molecule has 0 saturated heterocycles. The second kappa shape index (κ2) is 13.3. The Morgan fingerprint density at radius 3 is 2.06 bits per heavy atom. The second-order valence-corrected chi connectivity index (χ2v) is 8.37. The summed E-state index contributed by atoms with van der Waals surface area (Å²) in [6.07, 6.45) is 2.54. The molecule has 0 aliphatic carbocycles. The van der Waals surface area contributed by atoms with Crippen LogP contribution in [0.2, 0.25) is 0 Å². The number of ketones is 1. The van der Waals surface area contributed by atoms with Crippen molar-refractivity contribution >= 4 is 28.8 Å². The summed E-state index contributed by atoms with van der Waals surface area (Å²) in [5.41, 5.74) is 3.76. The van der Waals surface area contributed by atoms with Crippen LogP contribution in [0.5, 0.6) is 5.75 Å². The zero-order chi connectivity index (χ0) is 25.0. The lowest BCUT2D eigenvalue weighted by molar-refractivity contribution is 0.0976. The van der Waals surface area contributed by atoms with E-state index in [0.717, 1.165) is 49.4 Å². The number of unbranched alkanes of at least 4 members (excludes halogenated alkanes) is 1. The zero-order valence-electron chi connectivity index (χ0n) is 20.8. The Bertz CT molecular complexity index is 1090. The summed E-state index contributed by atoms with van der Waals surface area (Å²) in [6, 6.07) is 22.1. The molecule has 3 rings (SSSR count). The fourth-order valence-corrected chi connectivity index (χ4v) is 3.82. The number of benzene rings is 3. The van der Waals surface area contributed by atoms with E-state index < -0.39 is 0 Å². The van der Waals surface area contributed by atoms with E-state index >= 15 is 0 Å². The summed E-state index contributed by atoms with van der Waals surface area (Å²) in [4.78, 5) is 27.3. The van der Waals surface area contributed by atoms with E-state index in [1.807, 2.05) is 48.5 Å². The summed E-state index contributed by atoms with van der Waals surface area (Å²) >= 11 is 0. The third-order valence-electron chi connectivity index (χ3n) is 5.99. The summed E-state index contributed by atoms with van der Waals surface area (Å²) in [5.74, 6) is 0.630. The topological polar surface area (TPSA) is 70.7 Å². The average molecular weight is 474 g/mol. The number of nitrogens with one attached hydrogen (secondary N) is 2. The van der Waals surface area contributed by atoms with Crippen LogP contribution in [0.3, 0.4) is 0 Å². The van der Waals surface area contributed by atoms with Crippen molar-refractivity contribution < 1.29 is 14.3 Å². The van der Waals surface area contributed by atoms with Gasteiger partial charge in [-0.2, -0.15) is 0 Å². The van der Waals surface area contributed by atoms with Gasteiger partial charge in [0.1, 0.15) is 5.75 Å². The number of rotatable bonds is 13. The third-order valence-corrected chi connectivity index (χ3v) is 5.99. The van der Waals surface area contributed by atoms with Crippen molar-refractivity contribution in [2.24, 2.45) is 0 Å². The number of Topliss-reactive ketones (excluding diaryl/α,β-unsaturated/α-hetero) is 1. The Morgan fingerprint density at radius 2 is 1.43 bits per heavy atom. The van der Waals surface area contributed by atoms with Crippen LogP contribution in [-0.2, 0) is 0 Å². The molecule has 1 amide bonds. The largest absolute Gasteiger partial charge is 0.497 e. The van der Waals surface area contributed by atoms with Crippen LogP contribution in [0.1, 0.15) is 53.8 Å². The molecular formula is C29H35N3O3. The molecule has 0 fully saturated rings. The summed E-state index contributed by atoms with van der Waals surface area (Å²) in [7, 11) is 1.57. The molecule has 6 nitrogen and oxygen atoms in total. The van der Waals surface area contributed by atoms with Gasteiger partial charge in [0.15, 0.2) is 5.78 Å². The SMILES string of the molecule is CCN(CC)CCCCC(=O)c1ccc(Nc2ccc(NC(=O)c3cccc(OC)c3)cc2)cc1. The third kappa shape index (κ3) is 7.97. The molecule has 0 aliphatic rings. The standard InChI is InChI=1S/C29H35N3O3/c1-4-32(5-2)20-7-6-11-28(33)22-12-14-24(15-13-22)30-25-16-18-26(19-17-25)31-29(34)23-9-8-10-27(21-23)35-3/h8-10,12-19,21,30H,4-7,11,20H2,1-3H3,(H,31,34). The lowest BCUT2D eigenvalue weighted by Crippen LogP contribution is -2.24. The molecule has 0 unspecified atom stereocenters. The van der Waals surface area contributed by atoms with Crippen molar-refractivity contribution in [1.29, 1.82) is 0 Å². The minimum absolute atomic E-state index is 0.187. The van der Waals surface area contributed by atoms with Gasteiger partial charge in [0.25, 0.3) is 5.91 Å². The minimum Gasteiger partial charge on any atom is -0.497 e. The van der Waals surface area contributed by atoms with Crippen molar-refractivity contribution in [3.63, 3.8) is 0 Å². The molecule has 0 spiro atoms. The number of hydrogen-bond acceptors (Lipinski definition) is 5. The van der Waals surface area contributed by atoms with E-state index in [9.17, 15) is 9.59 Å². The molecule has 6 heteroatoms. The van der Waals surface area contributed by atoms with Crippen LogP contribution >= 0.6 is 0 Å². The highest BCUT2D eigenvalue weighted by molar-refractivity contribution is 6.04. The van der Waals surface area contributed by atoms with E-state index in [0.29, 0.717) is 23.4 Å². The molecule has 0 atom stereocenters. The van der Waals surface area contributed by atoms with Crippen molar-refractivity contribution in [2.75, 3.05) is 37.4 Å². The maximum atomic E-state index is 12.5. The Kier molecular flexibility index (Phi) is 9.87. The molecule has 2 N–H and O–H groups in total. The average Bonchev–Trinajstić information content (AvgIpc) is 2.90. The van der Waals surface area contributed by atoms with Gasteiger partial charge in [0.05, 0.1) is 7.11 Å². The molecule has 35 heavy (non-hydrogen) atoms. The van der Waals surface area contributed by atoms with Crippen molar-refractivity contribution in [3.8, 4) is 5.75 Å².